The molecule has 2 rings (SSSR count). The summed E-state index contributed by atoms with van der Waals surface area (Å²) in [5, 5.41) is 6.38. The normalized spacial score (nSPS) is 29.1. The Labute approximate surface area is 116 Å². The first-order valence-electron chi connectivity index (χ1n) is 7.58. The van der Waals surface area contributed by atoms with Crippen molar-refractivity contribution in [3.8, 4) is 0 Å². The van der Waals surface area contributed by atoms with Crippen LogP contribution >= 0.6 is 0 Å². The van der Waals surface area contributed by atoms with Crippen LogP contribution in [0, 0.1) is 5.92 Å². The number of morpholine rings is 1. The Balaban J connectivity index is 1.58. The van der Waals surface area contributed by atoms with Crippen LogP contribution < -0.4 is 10.6 Å². The van der Waals surface area contributed by atoms with Crippen molar-refractivity contribution in [2.24, 2.45) is 5.92 Å². The molecule has 0 aliphatic carbocycles. The van der Waals surface area contributed by atoms with E-state index >= 15 is 0 Å². The molecule has 5 heteroatoms. The first-order chi connectivity index (χ1) is 9.27. The van der Waals surface area contributed by atoms with E-state index in [9.17, 15) is 4.79 Å². The van der Waals surface area contributed by atoms with Gasteiger partial charge in [0.05, 0.1) is 19.3 Å². The summed E-state index contributed by atoms with van der Waals surface area (Å²) in [7, 11) is 0. The lowest BCUT2D eigenvalue weighted by Gasteiger charge is -2.29. The molecular weight excluding hydrogens is 242 g/mol. The smallest absolute Gasteiger partial charge is 0.237 e. The molecule has 0 saturated carbocycles. The van der Waals surface area contributed by atoms with E-state index in [-0.39, 0.29) is 11.9 Å². The van der Waals surface area contributed by atoms with Crippen molar-refractivity contribution in [1.29, 1.82) is 0 Å². The lowest BCUT2D eigenvalue weighted by Crippen LogP contribution is -2.51. The van der Waals surface area contributed by atoms with Gasteiger partial charge in [-0.2, -0.15) is 0 Å². The van der Waals surface area contributed by atoms with Crippen molar-refractivity contribution in [3.05, 3.63) is 0 Å². The fourth-order valence-corrected chi connectivity index (χ4v) is 2.85. The Morgan fingerprint density at radius 2 is 2.21 bits per heavy atom. The summed E-state index contributed by atoms with van der Waals surface area (Å²) in [6.07, 6.45) is 3.35. The zero-order valence-electron chi connectivity index (χ0n) is 12.0. The third kappa shape index (κ3) is 4.75. The molecule has 0 spiro atoms. The maximum Gasteiger partial charge on any atom is 0.237 e. The molecule has 2 saturated heterocycles. The molecule has 2 atom stereocenters. The number of rotatable bonds is 5. The van der Waals surface area contributed by atoms with E-state index in [0.717, 1.165) is 58.8 Å². The van der Waals surface area contributed by atoms with Gasteiger partial charge in [-0.1, -0.05) is 6.92 Å². The molecule has 110 valence electrons. The topological polar surface area (TPSA) is 53.6 Å². The molecule has 5 nitrogen and oxygen atoms in total. The standard InChI is InChI=1S/C14H27N3O2/c1-12-4-2-5-15-13(12)14(18)16-6-3-7-17-8-10-19-11-9-17/h12-13,15H,2-11H2,1H3,(H,16,18). The average Bonchev–Trinajstić information content (AvgIpc) is 2.45. The number of nitrogens with one attached hydrogen (secondary N) is 2. The van der Waals surface area contributed by atoms with Gasteiger partial charge in [0.2, 0.25) is 5.91 Å². The quantitative estimate of drug-likeness (QED) is 0.701. The Hall–Kier alpha value is -0.650. The van der Waals surface area contributed by atoms with Crippen molar-refractivity contribution in [2.75, 3.05) is 45.9 Å². The first-order valence-corrected chi connectivity index (χ1v) is 7.58. The van der Waals surface area contributed by atoms with Gasteiger partial charge < -0.3 is 15.4 Å². The number of hydrogen-bond acceptors (Lipinski definition) is 4. The molecule has 0 bridgehead atoms. The van der Waals surface area contributed by atoms with Crippen LogP contribution in [0.25, 0.3) is 0 Å². The molecule has 0 aromatic carbocycles. The van der Waals surface area contributed by atoms with Gasteiger partial charge >= 0.3 is 0 Å². The summed E-state index contributed by atoms with van der Waals surface area (Å²) >= 11 is 0. The number of amides is 1. The Bertz CT molecular complexity index is 280. The summed E-state index contributed by atoms with van der Waals surface area (Å²) in [5.74, 6) is 0.627. The third-order valence-electron chi connectivity index (χ3n) is 4.11. The minimum atomic E-state index is 0.0112. The van der Waals surface area contributed by atoms with Crippen molar-refractivity contribution in [3.63, 3.8) is 0 Å². The number of nitrogens with zero attached hydrogens (tertiary/aromatic N) is 1. The molecule has 2 aliphatic heterocycles. The van der Waals surface area contributed by atoms with Crippen LogP contribution in [-0.2, 0) is 9.53 Å². The van der Waals surface area contributed by atoms with Crippen LogP contribution in [0.1, 0.15) is 26.2 Å². The molecular formula is C14H27N3O2. The van der Waals surface area contributed by atoms with Gasteiger partial charge in [0, 0.05) is 19.6 Å². The molecule has 2 unspecified atom stereocenters. The summed E-state index contributed by atoms with van der Waals surface area (Å²) in [6.45, 7) is 8.69. The van der Waals surface area contributed by atoms with Gasteiger partial charge in [-0.15, -0.1) is 0 Å². The monoisotopic (exact) mass is 269 g/mol. The Kier molecular flexibility index (Phi) is 6.07. The number of carbonyl (C=O) groups is 1. The predicted octanol–water partition coefficient (Wildman–Crippen LogP) is 0.213. The summed E-state index contributed by atoms with van der Waals surface area (Å²) < 4.78 is 5.32. The third-order valence-corrected chi connectivity index (χ3v) is 4.11. The highest BCUT2D eigenvalue weighted by atomic mass is 16.5. The van der Waals surface area contributed by atoms with Crippen LogP contribution in [0.4, 0.5) is 0 Å². The predicted molar refractivity (Wildman–Crippen MR) is 75.1 cm³/mol. The van der Waals surface area contributed by atoms with Gasteiger partial charge in [0.15, 0.2) is 0 Å². The lowest BCUT2D eigenvalue weighted by atomic mass is 9.92. The maximum atomic E-state index is 12.1. The number of carbonyl (C=O) groups excluding carboxylic acids is 1. The zero-order chi connectivity index (χ0) is 13.5. The van der Waals surface area contributed by atoms with Crippen molar-refractivity contribution >= 4 is 5.91 Å². The van der Waals surface area contributed by atoms with Gasteiger partial charge in [0.25, 0.3) is 0 Å². The molecule has 0 aromatic heterocycles. The van der Waals surface area contributed by atoms with E-state index < -0.39 is 0 Å². The van der Waals surface area contributed by atoms with Crippen molar-refractivity contribution < 1.29 is 9.53 Å². The molecule has 1 amide bonds. The summed E-state index contributed by atoms with van der Waals surface area (Å²) in [6, 6.07) is 0.0112. The van der Waals surface area contributed by atoms with Gasteiger partial charge in [0.1, 0.15) is 0 Å². The van der Waals surface area contributed by atoms with Crippen LogP contribution in [0.3, 0.4) is 0 Å². The highest BCUT2D eigenvalue weighted by Gasteiger charge is 2.26. The second-order valence-corrected chi connectivity index (χ2v) is 5.65. The molecule has 2 N–H and O–H groups in total. The fourth-order valence-electron chi connectivity index (χ4n) is 2.85. The highest BCUT2D eigenvalue weighted by molar-refractivity contribution is 5.82. The average molecular weight is 269 g/mol. The number of hydrogen-bond donors (Lipinski definition) is 2. The van der Waals surface area contributed by atoms with Crippen LogP contribution in [0.5, 0.6) is 0 Å². The number of piperidine rings is 1. The maximum absolute atomic E-state index is 12.1. The van der Waals surface area contributed by atoms with Gasteiger partial charge in [-0.05, 0) is 38.3 Å². The first kappa shape index (κ1) is 14.8. The molecule has 2 fully saturated rings. The Morgan fingerprint density at radius 3 is 2.95 bits per heavy atom. The molecule has 0 radical (unpaired) electrons. The minimum Gasteiger partial charge on any atom is -0.379 e. The van der Waals surface area contributed by atoms with Gasteiger partial charge in [-0.25, -0.2) is 0 Å². The molecule has 2 heterocycles. The summed E-state index contributed by atoms with van der Waals surface area (Å²) in [4.78, 5) is 14.5. The minimum absolute atomic E-state index is 0.0112. The van der Waals surface area contributed by atoms with E-state index in [1.807, 2.05) is 0 Å². The number of ether oxygens (including phenoxy) is 1. The second kappa shape index (κ2) is 7.82. The van der Waals surface area contributed by atoms with E-state index in [1.165, 1.54) is 6.42 Å². The largest absolute Gasteiger partial charge is 0.379 e. The van der Waals surface area contributed by atoms with Gasteiger partial charge in [-0.3, -0.25) is 9.69 Å². The van der Waals surface area contributed by atoms with E-state index in [2.05, 4.69) is 22.5 Å². The lowest BCUT2D eigenvalue weighted by molar-refractivity contribution is -0.124. The van der Waals surface area contributed by atoms with Crippen LogP contribution in [0.15, 0.2) is 0 Å². The van der Waals surface area contributed by atoms with Crippen LogP contribution in [0.2, 0.25) is 0 Å². The van der Waals surface area contributed by atoms with Crippen molar-refractivity contribution in [1.82, 2.24) is 15.5 Å². The summed E-state index contributed by atoms with van der Waals surface area (Å²) in [5.41, 5.74) is 0. The Morgan fingerprint density at radius 1 is 1.42 bits per heavy atom. The van der Waals surface area contributed by atoms with Crippen molar-refractivity contribution in [2.45, 2.75) is 32.2 Å². The van der Waals surface area contributed by atoms with E-state index in [0.29, 0.717) is 5.92 Å². The second-order valence-electron chi connectivity index (χ2n) is 5.65. The van der Waals surface area contributed by atoms with Crippen LogP contribution in [-0.4, -0.2) is 62.8 Å². The SMILES string of the molecule is CC1CCCNC1C(=O)NCCCN1CCOCC1. The fraction of sp³-hybridized carbons (Fsp3) is 0.929. The molecule has 0 aromatic rings. The molecule has 19 heavy (non-hydrogen) atoms. The highest BCUT2D eigenvalue weighted by Crippen LogP contribution is 2.15. The van der Waals surface area contributed by atoms with E-state index in [1.54, 1.807) is 0 Å². The zero-order valence-corrected chi connectivity index (χ0v) is 12.0. The van der Waals surface area contributed by atoms with E-state index in [4.69, 9.17) is 4.74 Å². The molecule has 2 aliphatic rings.